The van der Waals surface area contributed by atoms with Gasteiger partial charge in [-0.1, -0.05) is 59.3 Å². The zero-order chi connectivity index (χ0) is 16.0. The summed E-state index contributed by atoms with van der Waals surface area (Å²) in [6, 6.07) is 0. The number of nitrogens with zero attached hydrogens (tertiary/aromatic N) is 1. The fraction of sp³-hybridized carbons (Fsp3) is 0.941. The topological polar surface area (TPSA) is 40.1 Å². The molecule has 0 bridgehead atoms. The number of aliphatic carboxylic acids is 1. The third kappa shape index (κ3) is 22.6. The second kappa shape index (κ2) is 13.4. The first-order valence-corrected chi connectivity index (χ1v) is 8.22. The molecule has 3 nitrogen and oxygen atoms in total. The molecule has 0 saturated carbocycles. The van der Waals surface area contributed by atoms with Crippen LogP contribution in [0.4, 0.5) is 0 Å². The maximum absolute atomic E-state index is 9.59. The molecule has 0 aliphatic heterocycles. The number of carbonyl (C=O) groups excluding carboxylic acids is 1. The number of quaternary nitrogens is 1. The zero-order valence-electron chi connectivity index (χ0n) is 14.7. The quantitative estimate of drug-likeness (QED) is 0.457. The van der Waals surface area contributed by atoms with Gasteiger partial charge in [0.2, 0.25) is 0 Å². The lowest BCUT2D eigenvalue weighted by atomic mass is 10.1. The molecule has 122 valence electrons. The molecule has 0 amide bonds. The molecule has 0 rings (SSSR count). The first-order valence-electron chi connectivity index (χ1n) is 8.22. The van der Waals surface area contributed by atoms with E-state index in [2.05, 4.69) is 28.1 Å². The Bertz CT molecular complexity index is 220. The number of unbranched alkanes of at least 4 members (excludes halogenated alkanes) is 7. The minimum atomic E-state index is -0.991. The second-order valence-corrected chi connectivity index (χ2v) is 6.96. The minimum absolute atomic E-state index is 0.343. The van der Waals surface area contributed by atoms with Crippen molar-refractivity contribution in [3.8, 4) is 0 Å². The fourth-order valence-electron chi connectivity index (χ4n) is 1.72. The van der Waals surface area contributed by atoms with Gasteiger partial charge in [0.05, 0.1) is 27.7 Å². The lowest BCUT2D eigenvalue weighted by Gasteiger charge is -2.23. The molecular weight excluding hydrogens is 250 g/mol. The highest BCUT2D eigenvalue weighted by Crippen LogP contribution is 2.09. The van der Waals surface area contributed by atoms with Gasteiger partial charge in [0, 0.05) is 5.97 Å². The molecule has 0 fully saturated rings. The number of rotatable bonds is 10. The summed E-state index contributed by atoms with van der Waals surface area (Å²) in [5, 5.41) is 9.59. The zero-order valence-corrected chi connectivity index (χ0v) is 14.7. The van der Waals surface area contributed by atoms with Crippen LogP contribution in [0.3, 0.4) is 0 Å². The van der Waals surface area contributed by atoms with Crippen LogP contribution in [0.25, 0.3) is 0 Å². The van der Waals surface area contributed by atoms with Gasteiger partial charge in [0.1, 0.15) is 0 Å². The Morgan fingerprint density at radius 2 is 1.25 bits per heavy atom. The number of carbonyl (C=O) groups is 1. The molecule has 0 aromatic carbocycles. The molecule has 0 aliphatic carbocycles. The van der Waals surface area contributed by atoms with Gasteiger partial charge in [-0.3, -0.25) is 0 Å². The summed E-state index contributed by atoms with van der Waals surface area (Å²) in [6.07, 6.45) is 11.4. The third-order valence-electron chi connectivity index (χ3n) is 3.15. The summed E-state index contributed by atoms with van der Waals surface area (Å²) in [4.78, 5) is 9.59. The van der Waals surface area contributed by atoms with Crippen LogP contribution in [0.2, 0.25) is 0 Å². The highest BCUT2D eigenvalue weighted by atomic mass is 16.4. The lowest BCUT2D eigenvalue weighted by Crippen LogP contribution is -2.35. The van der Waals surface area contributed by atoms with Gasteiger partial charge in [-0.15, -0.1) is 0 Å². The largest absolute Gasteiger partial charge is 0.550 e. The Kier molecular flexibility index (Phi) is 14.6. The van der Waals surface area contributed by atoms with E-state index in [1.807, 2.05) is 0 Å². The van der Waals surface area contributed by atoms with E-state index in [1.165, 1.54) is 57.9 Å². The fourth-order valence-corrected chi connectivity index (χ4v) is 1.72. The van der Waals surface area contributed by atoms with Crippen molar-refractivity contribution in [2.24, 2.45) is 5.92 Å². The van der Waals surface area contributed by atoms with Crippen LogP contribution in [-0.2, 0) is 4.79 Å². The monoisotopic (exact) mass is 287 g/mol. The predicted molar refractivity (Wildman–Crippen MR) is 85.4 cm³/mol. The molecule has 3 heteroatoms. The van der Waals surface area contributed by atoms with Crippen LogP contribution in [0.5, 0.6) is 0 Å². The van der Waals surface area contributed by atoms with Gasteiger partial charge in [0.25, 0.3) is 0 Å². The molecule has 0 atom stereocenters. The van der Waals surface area contributed by atoms with Gasteiger partial charge in [0.15, 0.2) is 0 Å². The van der Waals surface area contributed by atoms with Crippen LogP contribution in [-0.4, -0.2) is 38.1 Å². The normalized spacial score (nSPS) is 11.2. The van der Waals surface area contributed by atoms with E-state index in [-0.39, 0.29) is 5.92 Å². The predicted octanol–water partition coefficient (Wildman–Crippen LogP) is 3.23. The van der Waals surface area contributed by atoms with Crippen molar-refractivity contribution in [2.45, 2.75) is 72.1 Å². The molecule has 0 aromatic heterocycles. The summed E-state index contributed by atoms with van der Waals surface area (Å²) < 4.78 is 1.12. The van der Waals surface area contributed by atoms with Crippen LogP contribution >= 0.6 is 0 Å². The van der Waals surface area contributed by atoms with Crippen molar-refractivity contribution in [1.82, 2.24) is 0 Å². The van der Waals surface area contributed by atoms with Crippen molar-refractivity contribution in [1.29, 1.82) is 0 Å². The van der Waals surface area contributed by atoms with E-state index < -0.39 is 5.97 Å². The molecule has 0 saturated heterocycles. The van der Waals surface area contributed by atoms with Gasteiger partial charge in [-0.25, -0.2) is 0 Å². The Morgan fingerprint density at radius 3 is 1.55 bits per heavy atom. The number of carboxylic acid groups (broad SMARTS) is 1. The van der Waals surface area contributed by atoms with Crippen LogP contribution in [0.1, 0.15) is 72.1 Å². The first kappa shape index (κ1) is 21.7. The Balaban J connectivity index is 0. The summed E-state index contributed by atoms with van der Waals surface area (Å²) in [5.74, 6) is -1.33. The van der Waals surface area contributed by atoms with E-state index >= 15 is 0 Å². The highest BCUT2D eigenvalue weighted by Gasteiger charge is 2.04. The Hall–Kier alpha value is -0.570. The van der Waals surface area contributed by atoms with E-state index in [4.69, 9.17) is 0 Å². The van der Waals surface area contributed by atoms with E-state index in [1.54, 1.807) is 13.8 Å². The molecule has 0 unspecified atom stereocenters. The van der Waals surface area contributed by atoms with Gasteiger partial charge in [-0.2, -0.15) is 0 Å². The van der Waals surface area contributed by atoms with Crippen LogP contribution < -0.4 is 5.11 Å². The number of carboxylic acids is 1. The van der Waals surface area contributed by atoms with Crippen LogP contribution in [0, 0.1) is 5.92 Å². The standard InChI is InChI=1S/C13H30N.C4H8O2/c1-5-6-7-8-9-10-11-12-13-14(2,3)4;1-3(2)4(5)6/h5-13H2,1-4H3;3H,1-2H3,(H,5,6)/q+1;/p-1. The highest BCUT2D eigenvalue weighted by molar-refractivity contribution is 5.66. The van der Waals surface area contributed by atoms with Crippen LogP contribution in [0.15, 0.2) is 0 Å². The molecule has 0 heterocycles. The molecule has 0 spiro atoms. The Morgan fingerprint density at radius 1 is 0.900 bits per heavy atom. The summed E-state index contributed by atoms with van der Waals surface area (Å²) in [5.41, 5.74) is 0. The second-order valence-electron chi connectivity index (χ2n) is 6.96. The van der Waals surface area contributed by atoms with E-state index in [0.717, 1.165) is 4.48 Å². The molecule has 0 radical (unpaired) electrons. The van der Waals surface area contributed by atoms with Gasteiger partial charge in [-0.05, 0) is 18.8 Å². The molecular formula is C17H37NO2. The van der Waals surface area contributed by atoms with E-state index in [0.29, 0.717) is 0 Å². The van der Waals surface area contributed by atoms with Crippen molar-refractivity contribution in [2.75, 3.05) is 27.7 Å². The minimum Gasteiger partial charge on any atom is -0.550 e. The summed E-state index contributed by atoms with van der Waals surface area (Å²) in [6.45, 7) is 6.76. The molecule has 0 aromatic rings. The van der Waals surface area contributed by atoms with Crippen molar-refractivity contribution < 1.29 is 14.4 Å². The number of hydrogen-bond donors (Lipinski definition) is 0. The maximum atomic E-state index is 9.59. The summed E-state index contributed by atoms with van der Waals surface area (Å²) >= 11 is 0. The SMILES string of the molecule is CC(C)C(=O)[O-].CCCCCCCCCC[N+](C)(C)C. The maximum Gasteiger partial charge on any atom is 0.0780 e. The van der Waals surface area contributed by atoms with Crippen molar-refractivity contribution in [3.05, 3.63) is 0 Å². The summed E-state index contributed by atoms with van der Waals surface area (Å²) in [7, 11) is 6.84. The molecule has 20 heavy (non-hydrogen) atoms. The average Bonchev–Trinajstić information content (AvgIpc) is 2.32. The molecule has 0 aliphatic rings. The number of hydrogen-bond acceptors (Lipinski definition) is 2. The van der Waals surface area contributed by atoms with Crippen molar-refractivity contribution in [3.63, 3.8) is 0 Å². The van der Waals surface area contributed by atoms with Crippen molar-refractivity contribution >= 4 is 5.97 Å². The average molecular weight is 287 g/mol. The van der Waals surface area contributed by atoms with Gasteiger partial charge >= 0.3 is 0 Å². The first-order chi connectivity index (χ1) is 9.20. The molecule has 0 N–H and O–H groups in total. The Labute approximate surface area is 127 Å². The lowest BCUT2D eigenvalue weighted by molar-refractivity contribution is -0.870. The van der Waals surface area contributed by atoms with Gasteiger partial charge < -0.3 is 14.4 Å². The van der Waals surface area contributed by atoms with E-state index in [9.17, 15) is 9.90 Å². The smallest absolute Gasteiger partial charge is 0.0780 e. The third-order valence-corrected chi connectivity index (χ3v) is 3.15.